The topological polar surface area (TPSA) is 79.8 Å². The Morgan fingerprint density at radius 1 is 1.17 bits per heavy atom. The van der Waals surface area contributed by atoms with Crippen LogP contribution in [0.3, 0.4) is 0 Å². The second-order valence-electron chi connectivity index (χ2n) is 7.22. The molecular weight excluding hydrogens is 390 g/mol. The highest BCUT2D eigenvalue weighted by molar-refractivity contribution is 7.12. The first-order valence-electron chi connectivity index (χ1n) is 9.79. The number of nitrogens with zero attached hydrogens (tertiary/aromatic N) is 3. The van der Waals surface area contributed by atoms with Crippen molar-refractivity contribution in [1.82, 2.24) is 14.8 Å². The minimum absolute atomic E-state index is 0.289. The molecule has 2 aromatic rings. The van der Waals surface area contributed by atoms with Gasteiger partial charge in [0, 0.05) is 38.6 Å². The van der Waals surface area contributed by atoms with Gasteiger partial charge < -0.3 is 9.64 Å². The third-order valence-corrected chi connectivity index (χ3v) is 6.34. The van der Waals surface area contributed by atoms with Crippen LogP contribution in [-0.2, 0) is 14.3 Å². The number of carbonyl (C=O) groups excluding carboxylic acids is 3. The second-order valence-corrected chi connectivity index (χ2v) is 8.17. The molecule has 8 heteroatoms. The van der Waals surface area contributed by atoms with Gasteiger partial charge in [-0.1, -0.05) is 12.1 Å². The fourth-order valence-electron chi connectivity index (χ4n) is 4.01. The molecule has 2 aliphatic rings. The van der Waals surface area contributed by atoms with E-state index in [0.29, 0.717) is 17.0 Å². The Labute approximate surface area is 173 Å². The van der Waals surface area contributed by atoms with Crippen molar-refractivity contribution >= 4 is 28.8 Å². The summed E-state index contributed by atoms with van der Waals surface area (Å²) >= 11 is 1.29. The molecule has 2 aromatic heterocycles. The fourth-order valence-corrected chi connectivity index (χ4v) is 4.72. The quantitative estimate of drug-likeness (QED) is 0.391. The van der Waals surface area contributed by atoms with Crippen LogP contribution in [0.15, 0.2) is 42.0 Å². The van der Waals surface area contributed by atoms with Crippen molar-refractivity contribution in [3.63, 3.8) is 0 Å². The number of likely N-dealkylation sites (tertiary alicyclic amines) is 1. The summed E-state index contributed by atoms with van der Waals surface area (Å²) in [5.74, 6) is -2.50. The number of aromatic nitrogens is 1. The zero-order valence-corrected chi connectivity index (χ0v) is 16.8. The zero-order chi connectivity index (χ0) is 20.2. The molecule has 1 amide bonds. The van der Waals surface area contributed by atoms with Crippen LogP contribution >= 0.6 is 11.3 Å². The van der Waals surface area contributed by atoms with Crippen molar-refractivity contribution in [1.29, 1.82) is 0 Å². The van der Waals surface area contributed by atoms with E-state index in [4.69, 9.17) is 4.74 Å². The minimum Gasteiger partial charge on any atom is -0.379 e. The number of hydrogen-bond donors (Lipinski definition) is 0. The van der Waals surface area contributed by atoms with Crippen molar-refractivity contribution in [2.24, 2.45) is 5.92 Å². The molecule has 2 aliphatic heterocycles. The van der Waals surface area contributed by atoms with E-state index in [0.717, 1.165) is 39.3 Å². The van der Waals surface area contributed by atoms with E-state index in [9.17, 15) is 14.4 Å². The molecule has 7 nitrogen and oxygen atoms in total. The third kappa shape index (κ3) is 4.14. The number of pyridine rings is 1. The van der Waals surface area contributed by atoms with Gasteiger partial charge in [0.1, 0.15) is 5.92 Å². The lowest BCUT2D eigenvalue weighted by Crippen LogP contribution is -2.39. The Bertz CT molecular complexity index is 865. The van der Waals surface area contributed by atoms with Gasteiger partial charge in [-0.3, -0.25) is 24.3 Å². The van der Waals surface area contributed by atoms with Crippen molar-refractivity contribution in [3.05, 3.63) is 52.5 Å². The maximum Gasteiger partial charge on any atom is 0.291 e. The predicted molar refractivity (Wildman–Crippen MR) is 108 cm³/mol. The highest BCUT2D eigenvalue weighted by atomic mass is 32.1. The molecule has 4 heterocycles. The lowest BCUT2D eigenvalue weighted by atomic mass is 9.89. The van der Waals surface area contributed by atoms with Gasteiger partial charge in [0.15, 0.2) is 5.78 Å². The monoisotopic (exact) mass is 413 g/mol. The average Bonchev–Trinajstić information content (AvgIpc) is 3.38. The van der Waals surface area contributed by atoms with Crippen LogP contribution in [0.5, 0.6) is 0 Å². The van der Waals surface area contributed by atoms with E-state index < -0.39 is 23.7 Å². The van der Waals surface area contributed by atoms with E-state index in [2.05, 4.69) is 9.88 Å². The van der Waals surface area contributed by atoms with Gasteiger partial charge in [-0.2, -0.15) is 0 Å². The van der Waals surface area contributed by atoms with Gasteiger partial charge in [-0.05, 0) is 29.5 Å². The number of hydrogen-bond acceptors (Lipinski definition) is 7. The number of ether oxygens (including phenoxy) is 1. The van der Waals surface area contributed by atoms with Crippen molar-refractivity contribution in [2.45, 2.75) is 12.5 Å². The van der Waals surface area contributed by atoms with Crippen molar-refractivity contribution in [2.75, 3.05) is 39.4 Å². The molecule has 0 saturated carbocycles. The maximum atomic E-state index is 13.1. The Balaban J connectivity index is 1.56. The first-order valence-corrected chi connectivity index (χ1v) is 10.7. The standard InChI is InChI=1S/C21H23N3O4S/c25-19(16-5-2-13-29-16)17-18(15-4-1-6-22-14-15)24(21(27)20(17)26)8-3-7-23-9-11-28-12-10-23/h1-2,4-6,13-14,17-18H,3,7-12H2. The SMILES string of the molecule is O=C1C(=O)N(CCCN2CCOCC2)C(c2cccnc2)C1C(=O)c1cccs1. The molecule has 152 valence electrons. The van der Waals surface area contributed by atoms with Crippen LogP contribution < -0.4 is 0 Å². The zero-order valence-electron chi connectivity index (χ0n) is 16.0. The van der Waals surface area contributed by atoms with Crippen LogP contribution in [0.25, 0.3) is 0 Å². The molecule has 0 N–H and O–H groups in total. The van der Waals surface area contributed by atoms with Crippen LogP contribution in [-0.4, -0.2) is 71.7 Å². The normalized spacial score (nSPS) is 23.0. The summed E-state index contributed by atoms with van der Waals surface area (Å²) in [4.78, 5) is 47.3. The smallest absolute Gasteiger partial charge is 0.291 e. The minimum atomic E-state index is -1.02. The summed E-state index contributed by atoms with van der Waals surface area (Å²) < 4.78 is 5.37. The summed E-state index contributed by atoms with van der Waals surface area (Å²) in [6.45, 7) is 4.44. The molecule has 4 rings (SSSR count). The van der Waals surface area contributed by atoms with E-state index >= 15 is 0 Å². The Morgan fingerprint density at radius 3 is 2.69 bits per heavy atom. The van der Waals surface area contributed by atoms with Gasteiger partial charge in [-0.15, -0.1) is 11.3 Å². The van der Waals surface area contributed by atoms with Crippen LogP contribution in [0, 0.1) is 5.92 Å². The lowest BCUT2D eigenvalue weighted by Gasteiger charge is -2.29. The number of morpholine rings is 1. The maximum absolute atomic E-state index is 13.1. The number of thiophene rings is 1. The molecular formula is C21H23N3O4S. The van der Waals surface area contributed by atoms with Gasteiger partial charge in [-0.25, -0.2) is 0 Å². The number of carbonyl (C=O) groups is 3. The summed E-state index contributed by atoms with van der Waals surface area (Å²) in [5.41, 5.74) is 0.716. The first kappa shape index (κ1) is 19.9. The number of rotatable bonds is 7. The van der Waals surface area contributed by atoms with E-state index in [-0.39, 0.29) is 5.78 Å². The first-order chi connectivity index (χ1) is 14.2. The predicted octanol–water partition coefficient (Wildman–Crippen LogP) is 1.82. The molecule has 0 aromatic carbocycles. The molecule has 2 unspecified atom stereocenters. The molecule has 0 spiro atoms. The highest BCUT2D eigenvalue weighted by Crippen LogP contribution is 2.38. The van der Waals surface area contributed by atoms with Crippen LogP contribution in [0.1, 0.15) is 27.7 Å². The Kier molecular flexibility index (Phi) is 6.13. The van der Waals surface area contributed by atoms with Gasteiger partial charge in [0.05, 0.1) is 24.1 Å². The number of ketones is 2. The molecule has 2 saturated heterocycles. The summed E-state index contributed by atoms with van der Waals surface area (Å²) in [6.07, 6.45) is 4.01. The summed E-state index contributed by atoms with van der Waals surface area (Å²) in [5, 5.41) is 1.80. The number of amides is 1. The molecule has 0 aliphatic carbocycles. The van der Waals surface area contributed by atoms with Gasteiger partial charge in [0.25, 0.3) is 5.91 Å². The molecule has 0 bridgehead atoms. The van der Waals surface area contributed by atoms with Crippen molar-refractivity contribution < 1.29 is 19.1 Å². The summed E-state index contributed by atoms with van der Waals surface area (Å²) in [7, 11) is 0. The Morgan fingerprint density at radius 2 is 2.00 bits per heavy atom. The van der Waals surface area contributed by atoms with Crippen LogP contribution in [0.4, 0.5) is 0 Å². The largest absolute Gasteiger partial charge is 0.379 e. The fraction of sp³-hybridized carbons (Fsp3) is 0.429. The average molecular weight is 413 g/mol. The highest BCUT2D eigenvalue weighted by Gasteiger charge is 2.51. The molecule has 29 heavy (non-hydrogen) atoms. The lowest BCUT2D eigenvalue weighted by molar-refractivity contribution is -0.140. The van der Waals surface area contributed by atoms with E-state index in [1.165, 1.54) is 11.3 Å². The second kappa shape index (κ2) is 8.94. The molecule has 2 atom stereocenters. The van der Waals surface area contributed by atoms with Crippen molar-refractivity contribution in [3.8, 4) is 0 Å². The van der Waals surface area contributed by atoms with Crippen LogP contribution in [0.2, 0.25) is 0 Å². The summed E-state index contributed by atoms with van der Waals surface area (Å²) in [6, 6.07) is 6.46. The van der Waals surface area contributed by atoms with E-state index in [1.807, 2.05) is 6.07 Å². The number of Topliss-reactive ketones (excluding diaryl/α,β-unsaturated/α-hetero) is 2. The third-order valence-electron chi connectivity index (χ3n) is 5.46. The van der Waals surface area contributed by atoms with Gasteiger partial charge >= 0.3 is 0 Å². The molecule has 2 fully saturated rings. The van der Waals surface area contributed by atoms with Gasteiger partial charge in [0.2, 0.25) is 5.78 Å². The molecule has 0 radical (unpaired) electrons. The Hall–Kier alpha value is -2.42. The van der Waals surface area contributed by atoms with E-state index in [1.54, 1.807) is 40.9 Å².